The van der Waals surface area contributed by atoms with E-state index in [9.17, 15) is 4.79 Å². The molecule has 0 saturated carbocycles. The lowest BCUT2D eigenvalue weighted by molar-refractivity contribution is -0.130. The Kier molecular flexibility index (Phi) is 5.20. The van der Waals surface area contributed by atoms with Gasteiger partial charge in [0, 0.05) is 32.6 Å². The van der Waals surface area contributed by atoms with Gasteiger partial charge in [0.1, 0.15) is 0 Å². The van der Waals surface area contributed by atoms with Gasteiger partial charge in [0.05, 0.1) is 12.0 Å². The zero-order valence-corrected chi connectivity index (χ0v) is 13.1. The van der Waals surface area contributed by atoms with Crippen molar-refractivity contribution in [1.29, 1.82) is 0 Å². The third-order valence-corrected chi connectivity index (χ3v) is 4.10. The monoisotopic (exact) mass is 291 g/mol. The number of nitrogens with zero attached hydrogens (tertiary/aromatic N) is 1. The fraction of sp³-hybridized carbons (Fsp3) is 0.562. The molecule has 2 N–H and O–H groups in total. The van der Waals surface area contributed by atoms with Gasteiger partial charge in [-0.3, -0.25) is 4.79 Å². The van der Waals surface area contributed by atoms with E-state index >= 15 is 0 Å². The first-order valence-electron chi connectivity index (χ1n) is 7.36. The maximum Gasteiger partial charge on any atom is 0.233 e. The number of piperidine rings is 1. The van der Waals surface area contributed by atoms with Crippen LogP contribution in [0.4, 0.5) is 11.4 Å². The number of nitrogens with one attached hydrogen (secondary N) is 2. The number of benzene rings is 1. The van der Waals surface area contributed by atoms with E-state index in [4.69, 9.17) is 4.74 Å². The van der Waals surface area contributed by atoms with Crippen molar-refractivity contribution in [3.63, 3.8) is 0 Å². The number of carbonyl (C=O) groups is 1. The summed E-state index contributed by atoms with van der Waals surface area (Å²) in [6.07, 6.45) is 1.62. The molecule has 5 nitrogen and oxygen atoms in total. The third-order valence-electron chi connectivity index (χ3n) is 4.10. The second-order valence-corrected chi connectivity index (χ2v) is 5.86. The van der Waals surface area contributed by atoms with Gasteiger partial charge in [-0.1, -0.05) is 0 Å². The van der Waals surface area contributed by atoms with Crippen molar-refractivity contribution in [2.75, 3.05) is 51.1 Å². The molecule has 0 bridgehead atoms. The molecule has 21 heavy (non-hydrogen) atoms. The molecule has 1 fully saturated rings. The molecule has 1 saturated heterocycles. The number of amides is 1. The van der Waals surface area contributed by atoms with Crippen LogP contribution < -0.4 is 15.5 Å². The van der Waals surface area contributed by atoms with Gasteiger partial charge >= 0.3 is 0 Å². The SMILES string of the molecule is COCC1(C(=O)Nc2ccc(N(C)C)cc2)CCNCC1. The number of rotatable bonds is 5. The molecule has 1 amide bonds. The van der Waals surface area contributed by atoms with E-state index in [-0.39, 0.29) is 5.91 Å². The fourth-order valence-electron chi connectivity index (χ4n) is 2.73. The van der Waals surface area contributed by atoms with Gasteiger partial charge in [0.15, 0.2) is 0 Å². The molecule has 1 heterocycles. The molecule has 0 radical (unpaired) electrons. The predicted octanol–water partition coefficient (Wildman–Crippen LogP) is 1.71. The highest BCUT2D eigenvalue weighted by Gasteiger charge is 2.39. The Bertz CT molecular complexity index is 459. The molecule has 1 aromatic carbocycles. The highest BCUT2D eigenvalue weighted by Crippen LogP contribution is 2.31. The summed E-state index contributed by atoms with van der Waals surface area (Å²) in [4.78, 5) is 14.7. The summed E-state index contributed by atoms with van der Waals surface area (Å²) in [6, 6.07) is 7.88. The number of ether oxygens (including phenoxy) is 1. The minimum absolute atomic E-state index is 0.0588. The van der Waals surface area contributed by atoms with Gasteiger partial charge in [-0.25, -0.2) is 0 Å². The number of hydrogen-bond donors (Lipinski definition) is 2. The van der Waals surface area contributed by atoms with Crippen molar-refractivity contribution in [2.45, 2.75) is 12.8 Å². The number of methoxy groups -OCH3 is 1. The van der Waals surface area contributed by atoms with Crippen LogP contribution in [0.25, 0.3) is 0 Å². The van der Waals surface area contributed by atoms with Gasteiger partial charge in [-0.15, -0.1) is 0 Å². The second kappa shape index (κ2) is 6.91. The molecule has 0 spiro atoms. The van der Waals surface area contributed by atoms with Crippen LogP contribution in [0, 0.1) is 5.41 Å². The van der Waals surface area contributed by atoms with Crippen molar-refractivity contribution in [1.82, 2.24) is 5.32 Å². The van der Waals surface area contributed by atoms with Gasteiger partial charge in [0.2, 0.25) is 5.91 Å². The minimum Gasteiger partial charge on any atom is -0.384 e. The highest BCUT2D eigenvalue weighted by atomic mass is 16.5. The Morgan fingerprint density at radius 1 is 1.29 bits per heavy atom. The Balaban J connectivity index is 2.07. The topological polar surface area (TPSA) is 53.6 Å². The van der Waals surface area contributed by atoms with E-state index in [0.29, 0.717) is 6.61 Å². The highest BCUT2D eigenvalue weighted by molar-refractivity contribution is 5.95. The average molecular weight is 291 g/mol. The van der Waals surface area contributed by atoms with Gasteiger partial charge in [-0.05, 0) is 50.2 Å². The third kappa shape index (κ3) is 3.74. The largest absolute Gasteiger partial charge is 0.384 e. The average Bonchev–Trinajstić information content (AvgIpc) is 2.49. The van der Waals surface area contributed by atoms with Gasteiger partial charge < -0.3 is 20.3 Å². The molecule has 0 unspecified atom stereocenters. The van der Waals surface area contributed by atoms with Crippen molar-refractivity contribution < 1.29 is 9.53 Å². The molecule has 2 rings (SSSR count). The molecule has 1 aliphatic heterocycles. The van der Waals surface area contributed by atoms with Crippen molar-refractivity contribution in [3.05, 3.63) is 24.3 Å². The van der Waals surface area contributed by atoms with E-state index in [1.165, 1.54) is 0 Å². The van der Waals surface area contributed by atoms with Crippen LogP contribution in [0.5, 0.6) is 0 Å². The summed E-state index contributed by atoms with van der Waals surface area (Å²) < 4.78 is 5.30. The summed E-state index contributed by atoms with van der Waals surface area (Å²) >= 11 is 0. The lowest BCUT2D eigenvalue weighted by Gasteiger charge is -2.35. The standard InChI is InChI=1S/C16H25N3O2/c1-19(2)14-6-4-13(5-7-14)18-15(20)16(12-21-3)8-10-17-11-9-16/h4-7,17H,8-12H2,1-3H3,(H,18,20). The molecular formula is C16H25N3O2. The molecule has 0 atom stereocenters. The van der Waals surface area contributed by atoms with Crippen LogP contribution in [0.2, 0.25) is 0 Å². The van der Waals surface area contributed by atoms with Crippen molar-refractivity contribution in [3.8, 4) is 0 Å². The molecule has 1 aromatic rings. The molecule has 116 valence electrons. The van der Waals surface area contributed by atoms with Crippen LogP contribution in [-0.4, -0.2) is 46.8 Å². The molecule has 0 aliphatic carbocycles. The quantitative estimate of drug-likeness (QED) is 0.867. The molecule has 1 aliphatic rings. The Morgan fingerprint density at radius 2 is 1.90 bits per heavy atom. The van der Waals surface area contributed by atoms with Crippen LogP contribution >= 0.6 is 0 Å². The summed E-state index contributed by atoms with van der Waals surface area (Å²) in [6.45, 7) is 2.18. The Hall–Kier alpha value is -1.59. The predicted molar refractivity (Wildman–Crippen MR) is 85.8 cm³/mol. The summed E-state index contributed by atoms with van der Waals surface area (Å²) in [5, 5.41) is 6.33. The summed E-state index contributed by atoms with van der Waals surface area (Å²) in [5.41, 5.74) is 1.53. The number of anilines is 2. The maximum absolute atomic E-state index is 12.7. The first kappa shape index (κ1) is 15.8. The van der Waals surface area contributed by atoms with E-state index in [1.807, 2.05) is 43.3 Å². The van der Waals surface area contributed by atoms with Crippen LogP contribution in [0.1, 0.15) is 12.8 Å². The smallest absolute Gasteiger partial charge is 0.233 e. The normalized spacial score (nSPS) is 17.3. The lowest BCUT2D eigenvalue weighted by atomic mass is 9.78. The first-order chi connectivity index (χ1) is 10.1. The molecular weight excluding hydrogens is 266 g/mol. The van der Waals surface area contributed by atoms with Crippen LogP contribution in [-0.2, 0) is 9.53 Å². The van der Waals surface area contributed by atoms with E-state index < -0.39 is 5.41 Å². The van der Waals surface area contributed by atoms with Gasteiger partial charge in [0.25, 0.3) is 0 Å². The van der Waals surface area contributed by atoms with E-state index in [2.05, 4.69) is 10.6 Å². The first-order valence-corrected chi connectivity index (χ1v) is 7.36. The van der Waals surface area contributed by atoms with Crippen molar-refractivity contribution in [2.24, 2.45) is 5.41 Å². The number of hydrogen-bond acceptors (Lipinski definition) is 4. The van der Waals surface area contributed by atoms with E-state index in [1.54, 1.807) is 7.11 Å². The van der Waals surface area contributed by atoms with E-state index in [0.717, 1.165) is 37.3 Å². The summed E-state index contributed by atoms with van der Waals surface area (Å²) in [7, 11) is 5.65. The maximum atomic E-state index is 12.7. The molecule has 5 heteroatoms. The zero-order valence-electron chi connectivity index (χ0n) is 13.1. The molecule has 0 aromatic heterocycles. The minimum atomic E-state index is -0.416. The second-order valence-electron chi connectivity index (χ2n) is 5.86. The Morgan fingerprint density at radius 3 is 2.43 bits per heavy atom. The van der Waals surface area contributed by atoms with Crippen LogP contribution in [0.3, 0.4) is 0 Å². The Labute approximate surface area is 126 Å². The number of carbonyl (C=O) groups excluding carboxylic acids is 1. The van der Waals surface area contributed by atoms with Crippen LogP contribution in [0.15, 0.2) is 24.3 Å². The zero-order chi connectivity index (χ0) is 15.3. The summed E-state index contributed by atoms with van der Waals surface area (Å²) in [5.74, 6) is 0.0588. The van der Waals surface area contributed by atoms with Gasteiger partial charge in [-0.2, -0.15) is 0 Å². The lowest BCUT2D eigenvalue weighted by Crippen LogP contribution is -2.47. The van der Waals surface area contributed by atoms with Crippen molar-refractivity contribution >= 4 is 17.3 Å². The fourth-order valence-corrected chi connectivity index (χ4v) is 2.73.